The third kappa shape index (κ3) is 5.15. The van der Waals surface area contributed by atoms with Gasteiger partial charge in [-0.15, -0.1) is 0 Å². The molecule has 0 unspecified atom stereocenters. The Hall–Kier alpha value is -2.44. The standard InChI is InChI=1S/C12H16N2O5/c1-14(7-11(15)16)12(17)13-8-19-10-5-3-9(18-2)4-6-10/h3-6H,7-8H2,1-2H3,(H,13,17)(H,15,16). The summed E-state index contributed by atoms with van der Waals surface area (Å²) in [4.78, 5) is 22.9. The third-order valence-electron chi connectivity index (χ3n) is 2.24. The van der Waals surface area contributed by atoms with Gasteiger partial charge in [0.2, 0.25) is 0 Å². The molecule has 0 bridgehead atoms. The highest BCUT2D eigenvalue weighted by Crippen LogP contribution is 2.16. The van der Waals surface area contributed by atoms with Crippen molar-refractivity contribution in [3.63, 3.8) is 0 Å². The van der Waals surface area contributed by atoms with Gasteiger partial charge in [0.15, 0.2) is 6.73 Å². The number of aliphatic carboxylic acids is 1. The Morgan fingerprint density at radius 3 is 2.37 bits per heavy atom. The molecule has 7 heteroatoms. The Kier molecular flexibility index (Phi) is 5.46. The monoisotopic (exact) mass is 268 g/mol. The Labute approximate surface area is 110 Å². The van der Waals surface area contributed by atoms with E-state index in [2.05, 4.69) is 5.32 Å². The molecule has 7 nitrogen and oxygen atoms in total. The van der Waals surface area contributed by atoms with Crippen molar-refractivity contribution in [2.75, 3.05) is 27.4 Å². The Bertz CT molecular complexity index is 432. The van der Waals surface area contributed by atoms with E-state index in [9.17, 15) is 9.59 Å². The van der Waals surface area contributed by atoms with Gasteiger partial charge in [0, 0.05) is 7.05 Å². The van der Waals surface area contributed by atoms with Crippen LogP contribution in [0.15, 0.2) is 24.3 Å². The second-order valence-corrected chi connectivity index (χ2v) is 3.70. The first-order chi connectivity index (χ1) is 9.02. The number of hydrogen-bond acceptors (Lipinski definition) is 4. The molecule has 0 aliphatic carbocycles. The van der Waals surface area contributed by atoms with E-state index < -0.39 is 12.0 Å². The molecule has 2 amide bonds. The van der Waals surface area contributed by atoms with Crippen molar-refractivity contribution < 1.29 is 24.2 Å². The highest BCUT2D eigenvalue weighted by Gasteiger charge is 2.10. The van der Waals surface area contributed by atoms with Gasteiger partial charge in [-0.05, 0) is 24.3 Å². The van der Waals surface area contributed by atoms with E-state index in [4.69, 9.17) is 14.6 Å². The minimum absolute atomic E-state index is 0.0465. The Morgan fingerprint density at radius 1 is 1.26 bits per heavy atom. The molecule has 0 aliphatic rings. The van der Waals surface area contributed by atoms with Gasteiger partial charge in [-0.1, -0.05) is 0 Å². The molecule has 1 aromatic rings. The zero-order valence-corrected chi connectivity index (χ0v) is 10.8. The number of carboxylic acids is 1. The van der Waals surface area contributed by atoms with Gasteiger partial charge in [0.1, 0.15) is 18.0 Å². The molecule has 0 aliphatic heterocycles. The lowest BCUT2D eigenvalue weighted by Crippen LogP contribution is -2.41. The van der Waals surface area contributed by atoms with Gasteiger partial charge < -0.3 is 24.8 Å². The minimum Gasteiger partial charge on any atom is -0.497 e. The predicted molar refractivity (Wildman–Crippen MR) is 67.3 cm³/mol. The highest BCUT2D eigenvalue weighted by molar-refractivity contribution is 5.79. The maximum absolute atomic E-state index is 11.4. The molecule has 0 saturated heterocycles. The van der Waals surface area contributed by atoms with Gasteiger partial charge in [0.05, 0.1) is 7.11 Å². The van der Waals surface area contributed by atoms with Crippen LogP contribution >= 0.6 is 0 Å². The maximum Gasteiger partial charge on any atom is 0.323 e. The summed E-state index contributed by atoms with van der Waals surface area (Å²) in [5, 5.41) is 11.0. The molecule has 0 atom stereocenters. The zero-order chi connectivity index (χ0) is 14.3. The fraction of sp³-hybridized carbons (Fsp3) is 0.333. The molecule has 0 fully saturated rings. The summed E-state index contributed by atoms with van der Waals surface area (Å²) in [6.07, 6.45) is 0. The Balaban J connectivity index is 2.32. The second kappa shape index (κ2) is 7.10. The van der Waals surface area contributed by atoms with E-state index in [1.165, 1.54) is 7.05 Å². The van der Waals surface area contributed by atoms with Crippen molar-refractivity contribution in [3.8, 4) is 11.5 Å². The van der Waals surface area contributed by atoms with Crippen LogP contribution in [-0.4, -0.2) is 49.4 Å². The number of nitrogens with one attached hydrogen (secondary N) is 1. The number of carboxylic acid groups (broad SMARTS) is 1. The van der Waals surface area contributed by atoms with E-state index in [-0.39, 0.29) is 13.3 Å². The number of carbonyl (C=O) groups is 2. The van der Waals surface area contributed by atoms with Crippen molar-refractivity contribution in [1.29, 1.82) is 0 Å². The number of urea groups is 1. The zero-order valence-electron chi connectivity index (χ0n) is 10.8. The van der Waals surface area contributed by atoms with Crippen LogP contribution in [0.25, 0.3) is 0 Å². The first kappa shape index (κ1) is 14.6. The van der Waals surface area contributed by atoms with Gasteiger partial charge in [0.25, 0.3) is 0 Å². The van der Waals surface area contributed by atoms with Crippen molar-refractivity contribution >= 4 is 12.0 Å². The van der Waals surface area contributed by atoms with E-state index in [1.807, 2.05) is 0 Å². The van der Waals surface area contributed by atoms with E-state index in [0.717, 1.165) is 4.90 Å². The van der Waals surface area contributed by atoms with Gasteiger partial charge >= 0.3 is 12.0 Å². The number of amides is 2. The van der Waals surface area contributed by atoms with E-state index in [0.29, 0.717) is 11.5 Å². The molecule has 0 aromatic heterocycles. The lowest BCUT2D eigenvalue weighted by Gasteiger charge is -2.15. The molecular weight excluding hydrogens is 252 g/mol. The van der Waals surface area contributed by atoms with Gasteiger partial charge in [-0.2, -0.15) is 0 Å². The summed E-state index contributed by atoms with van der Waals surface area (Å²) >= 11 is 0. The van der Waals surface area contributed by atoms with Crippen LogP contribution in [0.4, 0.5) is 4.79 Å². The molecule has 0 heterocycles. The van der Waals surface area contributed by atoms with E-state index >= 15 is 0 Å². The average Bonchev–Trinajstić information content (AvgIpc) is 2.38. The normalized spacial score (nSPS) is 9.58. The molecule has 0 saturated carbocycles. The van der Waals surface area contributed by atoms with Gasteiger partial charge in [-0.3, -0.25) is 4.79 Å². The number of rotatable bonds is 6. The number of nitrogens with zero attached hydrogens (tertiary/aromatic N) is 1. The molecule has 19 heavy (non-hydrogen) atoms. The third-order valence-corrected chi connectivity index (χ3v) is 2.24. The predicted octanol–water partition coefficient (Wildman–Crippen LogP) is 0.757. The lowest BCUT2D eigenvalue weighted by molar-refractivity contribution is -0.137. The van der Waals surface area contributed by atoms with Crippen molar-refractivity contribution in [2.45, 2.75) is 0 Å². The molecule has 0 spiro atoms. The first-order valence-corrected chi connectivity index (χ1v) is 5.50. The number of benzene rings is 1. The lowest BCUT2D eigenvalue weighted by atomic mass is 10.3. The smallest absolute Gasteiger partial charge is 0.323 e. The molecule has 1 rings (SSSR count). The number of carbonyl (C=O) groups excluding carboxylic acids is 1. The molecule has 1 aromatic carbocycles. The maximum atomic E-state index is 11.4. The SMILES string of the molecule is COc1ccc(OCNC(=O)N(C)CC(=O)O)cc1. The summed E-state index contributed by atoms with van der Waals surface area (Å²) in [6, 6.07) is 6.34. The van der Waals surface area contributed by atoms with Gasteiger partial charge in [-0.25, -0.2) is 4.79 Å². The quantitative estimate of drug-likeness (QED) is 0.743. The molecule has 2 N–H and O–H groups in total. The van der Waals surface area contributed by atoms with Crippen molar-refractivity contribution in [1.82, 2.24) is 10.2 Å². The van der Waals surface area contributed by atoms with Crippen molar-refractivity contribution in [2.24, 2.45) is 0 Å². The van der Waals surface area contributed by atoms with Crippen LogP contribution < -0.4 is 14.8 Å². The second-order valence-electron chi connectivity index (χ2n) is 3.70. The summed E-state index contributed by atoms with van der Waals surface area (Å²) in [6.45, 7) is -0.413. The summed E-state index contributed by atoms with van der Waals surface area (Å²) < 4.78 is 10.3. The summed E-state index contributed by atoms with van der Waals surface area (Å²) in [5.41, 5.74) is 0. The number of likely N-dealkylation sites (N-methyl/N-ethyl adjacent to an activating group) is 1. The van der Waals surface area contributed by atoms with E-state index in [1.54, 1.807) is 31.4 Å². The van der Waals surface area contributed by atoms with Crippen LogP contribution in [-0.2, 0) is 4.79 Å². The fourth-order valence-electron chi connectivity index (χ4n) is 1.26. The van der Waals surface area contributed by atoms with Crippen LogP contribution in [0.5, 0.6) is 11.5 Å². The number of methoxy groups -OCH3 is 1. The number of hydrogen-bond donors (Lipinski definition) is 2. The first-order valence-electron chi connectivity index (χ1n) is 5.50. The number of ether oxygens (including phenoxy) is 2. The highest BCUT2D eigenvalue weighted by atomic mass is 16.5. The molecule has 104 valence electrons. The minimum atomic E-state index is -1.08. The van der Waals surface area contributed by atoms with Crippen LogP contribution in [0.2, 0.25) is 0 Å². The molecular formula is C12H16N2O5. The van der Waals surface area contributed by atoms with Crippen LogP contribution in [0.1, 0.15) is 0 Å². The van der Waals surface area contributed by atoms with Crippen molar-refractivity contribution in [3.05, 3.63) is 24.3 Å². The largest absolute Gasteiger partial charge is 0.497 e. The van der Waals surface area contributed by atoms with Crippen LogP contribution in [0, 0.1) is 0 Å². The topological polar surface area (TPSA) is 88.1 Å². The fourth-order valence-corrected chi connectivity index (χ4v) is 1.26. The van der Waals surface area contributed by atoms with Crippen LogP contribution in [0.3, 0.4) is 0 Å². The average molecular weight is 268 g/mol. The summed E-state index contributed by atoms with van der Waals surface area (Å²) in [5.74, 6) is 0.202. The molecule has 0 radical (unpaired) electrons. The summed E-state index contributed by atoms with van der Waals surface area (Å²) in [7, 11) is 2.95. The Morgan fingerprint density at radius 2 is 1.84 bits per heavy atom.